The first-order valence-corrected chi connectivity index (χ1v) is 7.92. The Bertz CT molecular complexity index is 542. The third-order valence-electron chi connectivity index (χ3n) is 3.97. The van der Waals surface area contributed by atoms with E-state index in [1.54, 1.807) is 20.0 Å². The highest BCUT2D eigenvalue weighted by atomic mass is 32.1. The first kappa shape index (κ1) is 17.1. The van der Waals surface area contributed by atoms with E-state index in [2.05, 4.69) is 10.3 Å². The Kier molecular flexibility index (Phi) is 4.70. The predicted molar refractivity (Wildman–Crippen MR) is 78.6 cm³/mol. The van der Waals surface area contributed by atoms with E-state index in [0.717, 1.165) is 9.88 Å². The van der Waals surface area contributed by atoms with Crippen molar-refractivity contribution in [3.63, 3.8) is 0 Å². The van der Waals surface area contributed by atoms with Gasteiger partial charge in [-0.15, -0.1) is 11.3 Å². The van der Waals surface area contributed by atoms with Crippen molar-refractivity contribution < 1.29 is 18.0 Å². The average Bonchev–Trinajstić information content (AvgIpc) is 2.79. The Hall–Kier alpha value is -1.31. The molecule has 1 fully saturated rings. The average molecular weight is 335 g/mol. The van der Waals surface area contributed by atoms with Crippen LogP contribution in [0.15, 0.2) is 6.20 Å². The molecule has 22 heavy (non-hydrogen) atoms. The number of aromatic nitrogens is 1. The smallest absolute Gasteiger partial charge is 0.331 e. The van der Waals surface area contributed by atoms with Crippen LogP contribution in [0.1, 0.15) is 30.2 Å². The molecule has 1 N–H and O–H groups in total. The number of aryl methyl sites for hydroxylation is 1. The zero-order valence-electron chi connectivity index (χ0n) is 12.8. The van der Waals surface area contributed by atoms with Gasteiger partial charge in [-0.05, 0) is 18.8 Å². The minimum atomic E-state index is -4.22. The molecule has 2 amide bonds. The molecule has 124 valence electrons. The van der Waals surface area contributed by atoms with Gasteiger partial charge in [0.1, 0.15) is 5.01 Å². The van der Waals surface area contributed by atoms with Gasteiger partial charge in [-0.3, -0.25) is 0 Å². The lowest BCUT2D eigenvalue weighted by atomic mass is 9.73. The van der Waals surface area contributed by atoms with Gasteiger partial charge in [0.25, 0.3) is 0 Å². The SMILES string of the molecule is Cc1cnc(CNC(=O)N2CC[C@H](C(F)(F)F)C(C)(C)C2)s1. The molecule has 0 spiro atoms. The summed E-state index contributed by atoms with van der Waals surface area (Å²) < 4.78 is 39.0. The molecule has 1 aromatic rings. The molecule has 0 bridgehead atoms. The first-order valence-electron chi connectivity index (χ1n) is 7.10. The molecule has 4 nitrogen and oxygen atoms in total. The van der Waals surface area contributed by atoms with Gasteiger partial charge in [-0.25, -0.2) is 9.78 Å². The molecule has 2 rings (SSSR count). The number of urea groups is 1. The van der Waals surface area contributed by atoms with E-state index in [1.165, 1.54) is 16.2 Å². The fourth-order valence-electron chi connectivity index (χ4n) is 2.88. The van der Waals surface area contributed by atoms with E-state index in [4.69, 9.17) is 0 Å². The van der Waals surface area contributed by atoms with Crippen molar-refractivity contribution in [2.24, 2.45) is 11.3 Å². The minimum Gasteiger partial charge on any atom is -0.331 e. The van der Waals surface area contributed by atoms with Gasteiger partial charge in [0.05, 0.1) is 12.5 Å². The van der Waals surface area contributed by atoms with Gasteiger partial charge in [-0.1, -0.05) is 13.8 Å². The number of hydrogen-bond acceptors (Lipinski definition) is 3. The number of amides is 2. The quantitative estimate of drug-likeness (QED) is 0.898. The van der Waals surface area contributed by atoms with Gasteiger partial charge in [0.15, 0.2) is 0 Å². The predicted octanol–water partition coefficient (Wildman–Crippen LogP) is 3.57. The highest BCUT2D eigenvalue weighted by molar-refractivity contribution is 7.11. The molecular weight excluding hydrogens is 315 g/mol. The molecule has 1 aromatic heterocycles. The zero-order chi connectivity index (χ0) is 16.5. The molecule has 1 aliphatic rings. The summed E-state index contributed by atoms with van der Waals surface area (Å²) in [5, 5.41) is 3.51. The number of halogens is 3. The Balaban J connectivity index is 1.92. The van der Waals surface area contributed by atoms with Crippen molar-refractivity contribution in [2.45, 2.75) is 39.9 Å². The van der Waals surface area contributed by atoms with Crippen molar-refractivity contribution in [3.05, 3.63) is 16.1 Å². The lowest BCUT2D eigenvalue weighted by molar-refractivity contribution is -0.214. The Labute approximate surface area is 131 Å². The largest absolute Gasteiger partial charge is 0.392 e. The second kappa shape index (κ2) is 6.06. The number of likely N-dealkylation sites (tertiary alicyclic amines) is 1. The summed E-state index contributed by atoms with van der Waals surface area (Å²) in [5.74, 6) is -1.37. The van der Waals surface area contributed by atoms with Crippen molar-refractivity contribution in [2.75, 3.05) is 13.1 Å². The van der Waals surface area contributed by atoms with Crippen LogP contribution in [0.25, 0.3) is 0 Å². The molecule has 0 aromatic carbocycles. The maximum Gasteiger partial charge on any atom is 0.392 e. The van der Waals surface area contributed by atoms with Crippen LogP contribution >= 0.6 is 11.3 Å². The van der Waals surface area contributed by atoms with Crippen molar-refractivity contribution in [1.29, 1.82) is 0 Å². The number of piperidine rings is 1. The Morgan fingerprint density at radius 1 is 1.55 bits per heavy atom. The number of thiazole rings is 1. The summed E-state index contributed by atoms with van der Waals surface area (Å²) >= 11 is 1.49. The normalized spacial score (nSPS) is 21.7. The minimum absolute atomic E-state index is 0.0553. The van der Waals surface area contributed by atoms with Crippen molar-refractivity contribution in [3.8, 4) is 0 Å². The van der Waals surface area contributed by atoms with Gasteiger partial charge < -0.3 is 10.2 Å². The molecule has 8 heteroatoms. The van der Waals surface area contributed by atoms with E-state index < -0.39 is 17.5 Å². The standard InChI is InChI=1S/C14H20F3N3OS/c1-9-6-18-11(22-9)7-19-12(21)20-5-4-10(14(15,16)17)13(2,3)8-20/h6,10H,4-5,7-8H2,1-3H3,(H,19,21)/t10-/m0/s1. The summed E-state index contributed by atoms with van der Waals surface area (Å²) in [7, 11) is 0. The molecular formula is C14H20F3N3OS. The van der Waals surface area contributed by atoms with Gasteiger partial charge in [0.2, 0.25) is 0 Å². The van der Waals surface area contributed by atoms with Crippen LogP contribution in [-0.4, -0.2) is 35.2 Å². The van der Waals surface area contributed by atoms with Crippen LogP contribution < -0.4 is 5.32 Å². The molecule has 0 radical (unpaired) electrons. The molecule has 1 atom stereocenters. The molecule has 0 saturated carbocycles. The summed E-state index contributed by atoms with van der Waals surface area (Å²) in [5.41, 5.74) is -0.981. The number of carbonyl (C=O) groups excluding carboxylic acids is 1. The van der Waals surface area contributed by atoms with Crippen LogP contribution in [0, 0.1) is 18.3 Å². The number of hydrogen-bond donors (Lipinski definition) is 1. The zero-order valence-corrected chi connectivity index (χ0v) is 13.6. The summed E-state index contributed by atoms with van der Waals surface area (Å²) in [6.07, 6.45) is -2.55. The third kappa shape index (κ3) is 3.91. The monoisotopic (exact) mass is 335 g/mol. The van der Waals surface area contributed by atoms with Crippen LogP contribution in [0.3, 0.4) is 0 Å². The van der Waals surface area contributed by atoms with E-state index in [-0.39, 0.29) is 25.5 Å². The molecule has 0 aliphatic carbocycles. The fourth-order valence-corrected chi connectivity index (χ4v) is 3.61. The van der Waals surface area contributed by atoms with Crippen LogP contribution in [0.5, 0.6) is 0 Å². The van der Waals surface area contributed by atoms with Gasteiger partial charge >= 0.3 is 12.2 Å². The van der Waals surface area contributed by atoms with Crippen LogP contribution in [-0.2, 0) is 6.54 Å². The lowest BCUT2D eigenvalue weighted by Crippen LogP contribution is -2.54. The highest BCUT2D eigenvalue weighted by Gasteiger charge is 2.51. The van der Waals surface area contributed by atoms with Gasteiger partial charge in [-0.2, -0.15) is 13.2 Å². The van der Waals surface area contributed by atoms with Gasteiger partial charge in [0, 0.05) is 24.2 Å². The van der Waals surface area contributed by atoms with Crippen molar-refractivity contribution >= 4 is 17.4 Å². The number of alkyl halides is 3. The van der Waals surface area contributed by atoms with E-state index in [0.29, 0.717) is 6.54 Å². The molecule has 1 saturated heterocycles. The Morgan fingerprint density at radius 3 is 2.73 bits per heavy atom. The topological polar surface area (TPSA) is 45.2 Å². The first-order chi connectivity index (χ1) is 10.1. The van der Waals surface area contributed by atoms with E-state index in [1.807, 2.05) is 6.92 Å². The maximum absolute atomic E-state index is 13.0. The van der Waals surface area contributed by atoms with Crippen molar-refractivity contribution in [1.82, 2.24) is 15.2 Å². The molecule has 0 unspecified atom stereocenters. The second-order valence-corrected chi connectivity index (χ2v) is 7.64. The highest BCUT2D eigenvalue weighted by Crippen LogP contribution is 2.44. The number of nitrogens with zero attached hydrogens (tertiary/aromatic N) is 2. The summed E-state index contributed by atoms with van der Waals surface area (Å²) in [6, 6.07) is -0.332. The molecule has 2 heterocycles. The second-order valence-electron chi connectivity index (χ2n) is 6.32. The van der Waals surface area contributed by atoms with E-state index >= 15 is 0 Å². The number of nitrogens with one attached hydrogen (secondary N) is 1. The number of carbonyl (C=O) groups is 1. The maximum atomic E-state index is 13.0. The number of rotatable bonds is 2. The third-order valence-corrected chi connectivity index (χ3v) is 4.88. The van der Waals surface area contributed by atoms with Crippen LogP contribution in [0.2, 0.25) is 0 Å². The molecule has 1 aliphatic heterocycles. The summed E-state index contributed by atoms with van der Waals surface area (Å²) in [4.78, 5) is 18.8. The van der Waals surface area contributed by atoms with Crippen LogP contribution in [0.4, 0.5) is 18.0 Å². The summed E-state index contributed by atoms with van der Waals surface area (Å²) in [6.45, 7) is 5.57. The fraction of sp³-hybridized carbons (Fsp3) is 0.714. The van der Waals surface area contributed by atoms with E-state index in [9.17, 15) is 18.0 Å². The lowest BCUT2D eigenvalue weighted by Gasteiger charge is -2.44. The Morgan fingerprint density at radius 2 is 2.23 bits per heavy atom.